The smallest absolute Gasteiger partial charge is 0.321 e. The molecule has 1 atom stereocenters. The van der Waals surface area contributed by atoms with Crippen LogP contribution < -0.4 is 5.32 Å². The number of rotatable bonds is 6. The van der Waals surface area contributed by atoms with Crippen LogP contribution in [0.5, 0.6) is 0 Å². The first-order valence-electron chi connectivity index (χ1n) is 5.09. The summed E-state index contributed by atoms with van der Waals surface area (Å²) in [5, 5.41) is 11.5. The third-order valence-corrected chi connectivity index (χ3v) is 3.94. The summed E-state index contributed by atoms with van der Waals surface area (Å²) in [6.07, 6.45) is 0.0848. The Balaban J connectivity index is 4.18. The number of hydrogen-bond acceptors (Lipinski definition) is 3. The lowest BCUT2D eigenvalue weighted by Gasteiger charge is -2.18. The number of hydrogen-bond donors (Lipinski definition) is 2. The lowest BCUT2D eigenvalue weighted by Crippen LogP contribution is -2.39. The summed E-state index contributed by atoms with van der Waals surface area (Å²) >= 11 is 0. The van der Waals surface area contributed by atoms with Crippen molar-refractivity contribution >= 4 is 22.7 Å². The highest BCUT2D eigenvalue weighted by atomic mass is 32.2. The Labute approximate surface area is 98.1 Å². The molecular weight excluding hydrogens is 230 g/mol. The molecule has 0 spiro atoms. The fraction of sp³-hybridized carbons (Fsp3) is 0.800. The molecule has 0 heterocycles. The number of nitrogens with one attached hydrogen (secondary N) is 1. The van der Waals surface area contributed by atoms with Gasteiger partial charge in [-0.25, -0.2) is 0 Å². The lowest BCUT2D eigenvalue weighted by atomic mass is 10.2. The Bertz CT molecular complexity index is 299. The molecule has 94 valence electrons. The quantitative estimate of drug-likeness (QED) is 0.718. The molecule has 0 bridgehead atoms. The minimum atomic E-state index is -1.56. The molecule has 0 rings (SSSR count). The van der Waals surface area contributed by atoms with E-state index in [-0.39, 0.29) is 24.1 Å². The summed E-state index contributed by atoms with van der Waals surface area (Å²) in [6, 6.07) is 0.0356. The molecule has 0 saturated heterocycles. The van der Waals surface area contributed by atoms with Gasteiger partial charge in [0, 0.05) is 29.0 Å². The van der Waals surface area contributed by atoms with Crippen LogP contribution in [-0.4, -0.2) is 37.7 Å². The third-order valence-electron chi connectivity index (χ3n) is 2.05. The molecule has 0 aliphatic rings. The maximum atomic E-state index is 11.6. The zero-order chi connectivity index (χ0) is 12.9. The Morgan fingerprint density at radius 3 is 2.25 bits per heavy atom. The van der Waals surface area contributed by atoms with Crippen LogP contribution >= 0.6 is 0 Å². The first-order chi connectivity index (χ1) is 7.17. The lowest BCUT2D eigenvalue weighted by molar-refractivity contribution is -0.139. The Morgan fingerprint density at radius 2 is 1.88 bits per heavy atom. The van der Waals surface area contributed by atoms with Crippen molar-refractivity contribution in [1.29, 1.82) is 0 Å². The van der Waals surface area contributed by atoms with Crippen LogP contribution in [0.3, 0.4) is 0 Å². The van der Waals surface area contributed by atoms with E-state index in [9.17, 15) is 13.8 Å². The summed E-state index contributed by atoms with van der Waals surface area (Å²) in [5.41, 5.74) is 0. The van der Waals surface area contributed by atoms with E-state index in [1.54, 1.807) is 0 Å². The van der Waals surface area contributed by atoms with Gasteiger partial charge in [0.15, 0.2) is 0 Å². The molecule has 16 heavy (non-hydrogen) atoms. The second kappa shape index (κ2) is 5.98. The van der Waals surface area contributed by atoms with Crippen LogP contribution in [0.25, 0.3) is 0 Å². The molecule has 0 radical (unpaired) electrons. The number of amides is 1. The van der Waals surface area contributed by atoms with Crippen LogP contribution in [0.15, 0.2) is 0 Å². The van der Waals surface area contributed by atoms with E-state index in [1.165, 1.54) is 13.8 Å². The van der Waals surface area contributed by atoms with Crippen molar-refractivity contribution in [3.8, 4) is 0 Å². The molecule has 1 unspecified atom stereocenters. The van der Waals surface area contributed by atoms with Gasteiger partial charge < -0.3 is 10.4 Å². The highest BCUT2D eigenvalue weighted by molar-refractivity contribution is 7.87. The first-order valence-corrected chi connectivity index (χ1v) is 6.41. The fourth-order valence-corrected chi connectivity index (χ4v) is 2.01. The third kappa shape index (κ3) is 4.74. The van der Waals surface area contributed by atoms with Crippen LogP contribution in [-0.2, 0) is 20.4 Å². The Kier molecular flexibility index (Phi) is 5.64. The predicted molar refractivity (Wildman–Crippen MR) is 62.6 cm³/mol. The molecule has 0 aromatic heterocycles. The van der Waals surface area contributed by atoms with E-state index in [1.807, 2.05) is 13.8 Å². The van der Waals surface area contributed by atoms with Crippen molar-refractivity contribution < 1.29 is 18.9 Å². The Morgan fingerprint density at radius 1 is 1.38 bits per heavy atom. The second-order valence-electron chi connectivity index (χ2n) is 4.34. The fourth-order valence-electron chi connectivity index (χ4n) is 0.932. The summed E-state index contributed by atoms with van der Waals surface area (Å²) in [6.45, 7) is 6.45. The molecule has 0 saturated carbocycles. The number of carboxylic acid groups (broad SMARTS) is 1. The van der Waals surface area contributed by atoms with Crippen molar-refractivity contribution in [2.75, 3.05) is 5.75 Å². The van der Waals surface area contributed by atoms with Gasteiger partial charge in [0.25, 0.3) is 0 Å². The number of carboxylic acids is 1. The normalized spacial score (nSPS) is 13.6. The van der Waals surface area contributed by atoms with Gasteiger partial charge in [-0.15, -0.1) is 0 Å². The van der Waals surface area contributed by atoms with Crippen LogP contribution in [0.4, 0.5) is 0 Å². The molecule has 0 fully saturated rings. The van der Waals surface area contributed by atoms with Gasteiger partial charge in [-0.3, -0.25) is 13.8 Å². The van der Waals surface area contributed by atoms with Crippen molar-refractivity contribution in [3.63, 3.8) is 0 Å². The predicted octanol–water partition coefficient (Wildman–Crippen LogP) is 0.513. The molecule has 0 aliphatic carbocycles. The van der Waals surface area contributed by atoms with Crippen LogP contribution in [0.1, 0.15) is 34.1 Å². The summed E-state index contributed by atoms with van der Waals surface area (Å²) in [4.78, 5) is 22.1. The van der Waals surface area contributed by atoms with Gasteiger partial charge in [-0.2, -0.15) is 0 Å². The SMILES string of the molecule is CC(C)NC(=O)CCS(=O)C(C)(C)C(=O)O. The van der Waals surface area contributed by atoms with E-state index < -0.39 is 21.5 Å². The van der Waals surface area contributed by atoms with Crippen LogP contribution in [0.2, 0.25) is 0 Å². The highest BCUT2D eigenvalue weighted by Crippen LogP contribution is 2.14. The number of aliphatic carboxylic acids is 1. The average molecular weight is 249 g/mol. The van der Waals surface area contributed by atoms with E-state index in [0.717, 1.165) is 0 Å². The van der Waals surface area contributed by atoms with E-state index >= 15 is 0 Å². The molecular formula is C10H19NO4S. The van der Waals surface area contributed by atoms with Gasteiger partial charge in [-0.1, -0.05) is 0 Å². The van der Waals surface area contributed by atoms with Gasteiger partial charge >= 0.3 is 5.97 Å². The molecule has 5 nitrogen and oxygen atoms in total. The van der Waals surface area contributed by atoms with E-state index in [0.29, 0.717) is 0 Å². The molecule has 0 aromatic rings. The molecule has 1 amide bonds. The number of carbonyl (C=O) groups excluding carboxylic acids is 1. The Hall–Kier alpha value is -0.910. The monoisotopic (exact) mass is 249 g/mol. The van der Waals surface area contributed by atoms with Gasteiger partial charge in [0.2, 0.25) is 5.91 Å². The zero-order valence-corrected chi connectivity index (χ0v) is 10.9. The molecule has 6 heteroatoms. The maximum Gasteiger partial charge on any atom is 0.321 e. The van der Waals surface area contributed by atoms with Crippen LogP contribution in [0, 0.1) is 0 Å². The van der Waals surface area contributed by atoms with Gasteiger partial charge in [0.1, 0.15) is 4.75 Å². The van der Waals surface area contributed by atoms with Gasteiger partial charge in [0.05, 0.1) is 0 Å². The zero-order valence-electron chi connectivity index (χ0n) is 10.1. The maximum absolute atomic E-state index is 11.6. The average Bonchev–Trinajstić information content (AvgIpc) is 2.12. The summed E-state index contributed by atoms with van der Waals surface area (Å²) in [5.74, 6) is -1.25. The highest BCUT2D eigenvalue weighted by Gasteiger charge is 2.34. The minimum absolute atomic E-state index is 0.0356. The first kappa shape index (κ1) is 15.1. The van der Waals surface area contributed by atoms with E-state index in [4.69, 9.17) is 5.11 Å². The second-order valence-corrected chi connectivity index (χ2v) is 6.46. The standard InChI is InChI=1S/C10H19NO4S/c1-7(2)11-8(12)5-6-16(15)10(3,4)9(13)14/h7H,5-6H2,1-4H3,(H,11,12)(H,13,14). The largest absolute Gasteiger partial charge is 0.480 e. The topological polar surface area (TPSA) is 83.5 Å². The van der Waals surface area contributed by atoms with E-state index in [2.05, 4.69) is 5.32 Å². The van der Waals surface area contributed by atoms with Crippen molar-refractivity contribution in [3.05, 3.63) is 0 Å². The van der Waals surface area contributed by atoms with Crippen molar-refractivity contribution in [2.24, 2.45) is 0 Å². The molecule has 0 aromatic carbocycles. The molecule has 2 N–H and O–H groups in total. The van der Waals surface area contributed by atoms with Gasteiger partial charge in [-0.05, 0) is 27.7 Å². The number of carbonyl (C=O) groups is 2. The van der Waals surface area contributed by atoms with Crippen molar-refractivity contribution in [2.45, 2.75) is 44.9 Å². The minimum Gasteiger partial charge on any atom is -0.480 e. The molecule has 0 aliphatic heterocycles. The summed E-state index contributed by atoms with van der Waals surface area (Å²) < 4.78 is 10.3. The summed E-state index contributed by atoms with van der Waals surface area (Å²) in [7, 11) is -1.56. The van der Waals surface area contributed by atoms with Crippen molar-refractivity contribution in [1.82, 2.24) is 5.32 Å².